The van der Waals surface area contributed by atoms with Crippen LogP contribution in [0.15, 0.2) is 54.6 Å². The van der Waals surface area contributed by atoms with E-state index in [1.165, 1.54) is 4.31 Å². The number of rotatable bonds is 6. The summed E-state index contributed by atoms with van der Waals surface area (Å²) in [5.41, 5.74) is 4.03. The van der Waals surface area contributed by atoms with Crippen molar-refractivity contribution in [2.45, 2.75) is 26.7 Å². The molecule has 0 aromatic heterocycles. The largest absolute Gasteiger partial charge is 0.457 e. The van der Waals surface area contributed by atoms with Crippen LogP contribution in [0.2, 0.25) is 5.02 Å². The van der Waals surface area contributed by atoms with Crippen LogP contribution < -0.4 is 14.4 Å². The highest BCUT2D eigenvalue weighted by molar-refractivity contribution is 7.93. The summed E-state index contributed by atoms with van der Waals surface area (Å²) >= 11 is 6.07. The topological polar surface area (TPSA) is 99.5 Å². The van der Waals surface area contributed by atoms with E-state index in [2.05, 4.69) is 5.32 Å². The van der Waals surface area contributed by atoms with Crippen molar-refractivity contribution in [3.8, 4) is 17.6 Å². The second kappa shape index (κ2) is 9.98. The Labute approximate surface area is 210 Å². The Bertz CT molecular complexity index is 1450. The third-order valence-electron chi connectivity index (χ3n) is 5.72. The minimum absolute atomic E-state index is 0.122. The number of hydrogen-bond donors (Lipinski definition) is 1. The lowest BCUT2D eigenvalue weighted by Gasteiger charge is -2.18. The molecule has 0 saturated carbocycles. The Hall–Kier alpha value is -3.54. The standard InChI is InChI=1S/C26H24ClN3O4S/c1-17-4-5-19(13-25(17)34-23-12-20(16-28)11-21(27)15-23)14-26(31)29-24-7-6-22(10-18(24)2)30-8-3-9-35(30,32)33/h4-7,10-13,15H,3,8-9,14H2,1-2H3,(H,29,31). The predicted octanol–water partition coefficient (Wildman–Crippen LogP) is 5.34. The molecule has 3 aromatic carbocycles. The average molecular weight is 510 g/mol. The van der Waals surface area contributed by atoms with Crippen LogP contribution >= 0.6 is 11.6 Å². The molecule has 1 amide bonds. The number of ether oxygens (including phenoxy) is 1. The lowest BCUT2D eigenvalue weighted by Crippen LogP contribution is -2.25. The van der Waals surface area contributed by atoms with Crippen molar-refractivity contribution in [1.29, 1.82) is 5.26 Å². The molecule has 1 heterocycles. The molecule has 1 aliphatic rings. The zero-order valence-corrected chi connectivity index (χ0v) is 20.9. The van der Waals surface area contributed by atoms with Crippen molar-refractivity contribution in [2.24, 2.45) is 0 Å². The van der Waals surface area contributed by atoms with Gasteiger partial charge in [-0.05, 0) is 79.4 Å². The summed E-state index contributed by atoms with van der Waals surface area (Å²) in [6, 6.07) is 17.6. The van der Waals surface area contributed by atoms with E-state index in [4.69, 9.17) is 21.6 Å². The Morgan fingerprint density at radius 3 is 2.60 bits per heavy atom. The van der Waals surface area contributed by atoms with Crippen LogP contribution in [0.1, 0.15) is 28.7 Å². The number of carbonyl (C=O) groups is 1. The van der Waals surface area contributed by atoms with Gasteiger partial charge in [0.25, 0.3) is 0 Å². The van der Waals surface area contributed by atoms with Crippen LogP contribution in [-0.2, 0) is 21.2 Å². The summed E-state index contributed by atoms with van der Waals surface area (Å²) in [5.74, 6) is 0.950. The van der Waals surface area contributed by atoms with E-state index in [0.29, 0.717) is 46.4 Å². The monoisotopic (exact) mass is 509 g/mol. The lowest BCUT2D eigenvalue weighted by molar-refractivity contribution is -0.115. The number of amides is 1. The van der Waals surface area contributed by atoms with Gasteiger partial charge in [0.15, 0.2) is 0 Å². The predicted molar refractivity (Wildman–Crippen MR) is 137 cm³/mol. The van der Waals surface area contributed by atoms with Gasteiger partial charge in [0.2, 0.25) is 15.9 Å². The highest BCUT2D eigenvalue weighted by Gasteiger charge is 2.28. The van der Waals surface area contributed by atoms with Gasteiger partial charge in [0.05, 0.1) is 29.5 Å². The van der Waals surface area contributed by atoms with Crippen LogP contribution in [0, 0.1) is 25.2 Å². The van der Waals surface area contributed by atoms with Crippen molar-refractivity contribution in [2.75, 3.05) is 21.9 Å². The summed E-state index contributed by atoms with van der Waals surface area (Å²) in [5, 5.41) is 12.4. The van der Waals surface area contributed by atoms with Crippen LogP contribution in [0.3, 0.4) is 0 Å². The molecule has 180 valence electrons. The minimum Gasteiger partial charge on any atom is -0.457 e. The summed E-state index contributed by atoms with van der Waals surface area (Å²) in [6.45, 7) is 4.19. The normalized spacial score (nSPS) is 14.4. The number of anilines is 2. The van der Waals surface area contributed by atoms with Crippen molar-refractivity contribution < 1.29 is 17.9 Å². The molecule has 1 saturated heterocycles. The molecule has 9 heteroatoms. The zero-order chi connectivity index (χ0) is 25.2. The molecule has 1 N–H and O–H groups in total. The smallest absolute Gasteiger partial charge is 0.235 e. The van der Waals surface area contributed by atoms with Crippen LogP contribution in [-0.4, -0.2) is 26.6 Å². The van der Waals surface area contributed by atoms with E-state index in [9.17, 15) is 13.2 Å². The molecule has 0 atom stereocenters. The van der Waals surface area contributed by atoms with Gasteiger partial charge in [-0.25, -0.2) is 8.42 Å². The second-order valence-electron chi connectivity index (χ2n) is 8.46. The number of nitrogens with one attached hydrogen (secondary N) is 1. The fourth-order valence-electron chi connectivity index (χ4n) is 3.93. The maximum Gasteiger partial charge on any atom is 0.235 e. The summed E-state index contributed by atoms with van der Waals surface area (Å²) in [4.78, 5) is 12.7. The SMILES string of the molecule is Cc1cc(N2CCCS2(=O)=O)ccc1NC(=O)Cc1ccc(C)c(Oc2cc(Cl)cc(C#N)c2)c1. The van der Waals surface area contributed by atoms with Crippen LogP contribution in [0.25, 0.3) is 0 Å². The molecule has 1 aliphatic heterocycles. The molecule has 0 radical (unpaired) electrons. The van der Waals surface area contributed by atoms with E-state index in [1.54, 1.807) is 42.5 Å². The first kappa shape index (κ1) is 24.6. The summed E-state index contributed by atoms with van der Waals surface area (Å²) in [6.07, 6.45) is 0.732. The van der Waals surface area contributed by atoms with E-state index < -0.39 is 10.0 Å². The van der Waals surface area contributed by atoms with Crippen molar-refractivity contribution in [1.82, 2.24) is 0 Å². The number of nitrogens with zero attached hydrogens (tertiary/aromatic N) is 2. The highest BCUT2D eigenvalue weighted by atomic mass is 35.5. The van der Waals surface area contributed by atoms with Gasteiger partial charge in [-0.3, -0.25) is 9.10 Å². The Morgan fingerprint density at radius 2 is 1.91 bits per heavy atom. The Kier molecular flexibility index (Phi) is 7.01. The molecule has 4 rings (SSSR count). The quantitative estimate of drug-likeness (QED) is 0.483. The number of benzene rings is 3. The molecule has 7 nitrogen and oxygen atoms in total. The number of nitriles is 1. The zero-order valence-electron chi connectivity index (χ0n) is 19.3. The Balaban J connectivity index is 1.46. The minimum atomic E-state index is -3.26. The van der Waals surface area contributed by atoms with E-state index in [1.807, 2.05) is 32.0 Å². The number of hydrogen-bond acceptors (Lipinski definition) is 5. The Morgan fingerprint density at radius 1 is 1.11 bits per heavy atom. The molecule has 0 unspecified atom stereocenters. The third-order valence-corrected chi connectivity index (χ3v) is 7.80. The van der Waals surface area contributed by atoms with E-state index in [-0.39, 0.29) is 18.1 Å². The highest BCUT2D eigenvalue weighted by Crippen LogP contribution is 2.30. The van der Waals surface area contributed by atoms with Gasteiger partial charge >= 0.3 is 0 Å². The van der Waals surface area contributed by atoms with Gasteiger partial charge in [0, 0.05) is 17.3 Å². The van der Waals surface area contributed by atoms with Crippen molar-refractivity contribution >= 4 is 38.9 Å². The number of halogens is 1. The fraction of sp³-hybridized carbons (Fsp3) is 0.231. The van der Waals surface area contributed by atoms with Gasteiger partial charge < -0.3 is 10.1 Å². The van der Waals surface area contributed by atoms with Gasteiger partial charge in [-0.15, -0.1) is 0 Å². The molecule has 0 spiro atoms. The molecule has 1 fully saturated rings. The molecule has 3 aromatic rings. The number of aryl methyl sites for hydroxylation is 2. The van der Waals surface area contributed by atoms with E-state index >= 15 is 0 Å². The number of sulfonamides is 1. The molecule has 0 aliphatic carbocycles. The summed E-state index contributed by atoms with van der Waals surface area (Å²) < 4.78 is 31.7. The first-order chi connectivity index (χ1) is 16.6. The van der Waals surface area contributed by atoms with Gasteiger partial charge in [-0.2, -0.15) is 5.26 Å². The van der Waals surface area contributed by atoms with E-state index in [0.717, 1.165) is 16.7 Å². The number of carbonyl (C=O) groups excluding carboxylic acids is 1. The maximum absolute atomic E-state index is 12.7. The summed E-state index contributed by atoms with van der Waals surface area (Å²) in [7, 11) is -3.26. The molecule has 0 bridgehead atoms. The van der Waals surface area contributed by atoms with Gasteiger partial charge in [-0.1, -0.05) is 23.7 Å². The molecular formula is C26H24ClN3O4S. The van der Waals surface area contributed by atoms with Gasteiger partial charge in [0.1, 0.15) is 11.5 Å². The molecular weight excluding hydrogens is 486 g/mol. The van der Waals surface area contributed by atoms with Crippen LogP contribution in [0.4, 0.5) is 11.4 Å². The maximum atomic E-state index is 12.7. The van der Waals surface area contributed by atoms with Crippen molar-refractivity contribution in [3.63, 3.8) is 0 Å². The average Bonchev–Trinajstić information content (AvgIpc) is 3.16. The third kappa shape index (κ3) is 5.76. The van der Waals surface area contributed by atoms with Crippen LogP contribution in [0.5, 0.6) is 11.5 Å². The lowest BCUT2D eigenvalue weighted by atomic mass is 10.1. The first-order valence-corrected chi connectivity index (χ1v) is 13.0. The van der Waals surface area contributed by atoms with Crippen molar-refractivity contribution in [3.05, 3.63) is 81.9 Å². The first-order valence-electron chi connectivity index (χ1n) is 11.0. The fourth-order valence-corrected chi connectivity index (χ4v) is 5.71. The second-order valence-corrected chi connectivity index (χ2v) is 10.9. The molecule has 35 heavy (non-hydrogen) atoms.